The van der Waals surface area contributed by atoms with E-state index in [0.29, 0.717) is 11.4 Å². The number of rotatable bonds is 5. The maximum absolute atomic E-state index is 12.6. The van der Waals surface area contributed by atoms with Crippen molar-refractivity contribution in [2.75, 3.05) is 5.43 Å². The van der Waals surface area contributed by atoms with Gasteiger partial charge >= 0.3 is 6.18 Å². The predicted molar refractivity (Wildman–Crippen MR) is 83.0 cm³/mol. The van der Waals surface area contributed by atoms with E-state index in [-0.39, 0.29) is 18.0 Å². The molecule has 122 valence electrons. The van der Waals surface area contributed by atoms with Crippen molar-refractivity contribution in [3.8, 4) is 0 Å². The molecule has 0 unspecified atom stereocenters. The van der Waals surface area contributed by atoms with Crippen LogP contribution in [0.3, 0.4) is 0 Å². The molecule has 0 aliphatic carbocycles. The number of hydrazine groups is 1. The SMILES string of the molecule is O=C(CCc1ccc(Cl)cc1)NNc1cccc(C(F)(F)F)c1. The van der Waals surface area contributed by atoms with Crippen molar-refractivity contribution in [2.45, 2.75) is 19.0 Å². The third-order valence-corrected chi connectivity index (χ3v) is 3.34. The fraction of sp³-hybridized carbons (Fsp3) is 0.188. The van der Waals surface area contributed by atoms with E-state index in [0.717, 1.165) is 17.7 Å². The van der Waals surface area contributed by atoms with E-state index in [1.54, 1.807) is 12.1 Å². The van der Waals surface area contributed by atoms with E-state index < -0.39 is 11.7 Å². The molecule has 7 heteroatoms. The third kappa shape index (κ3) is 5.49. The summed E-state index contributed by atoms with van der Waals surface area (Å²) in [7, 11) is 0. The number of aryl methyl sites for hydroxylation is 1. The summed E-state index contributed by atoms with van der Waals surface area (Å²) in [6, 6.07) is 11.7. The number of nitrogens with one attached hydrogen (secondary N) is 2. The lowest BCUT2D eigenvalue weighted by atomic mass is 10.1. The Hall–Kier alpha value is -2.21. The van der Waals surface area contributed by atoms with Gasteiger partial charge in [-0.25, -0.2) is 0 Å². The summed E-state index contributed by atoms with van der Waals surface area (Å²) in [5, 5.41) is 0.615. The van der Waals surface area contributed by atoms with E-state index in [1.807, 2.05) is 12.1 Å². The highest BCUT2D eigenvalue weighted by Crippen LogP contribution is 2.30. The Balaban J connectivity index is 1.83. The second kappa shape index (κ2) is 7.37. The standard InChI is InChI=1S/C16H14ClF3N2O/c17-13-7-4-11(5-8-13)6-9-15(23)22-21-14-3-1-2-12(10-14)16(18,19)20/h1-5,7-8,10,21H,6,9H2,(H,22,23). The lowest BCUT2D eigenvalue weighted by Crippen LogP contribution is -2.29. The van der Waals surface area contributed by atoms with Crippen LogP contribution in [0.2, 0.25) is 5.02 Å². The fourth-order valence-corrected chi connectivity index (χ4v) is 2.01. The summed E-state index contributed by atoms with van der Waals surface area (Å²) >= 11 is 5.77. The summed E-state index contributed by atoms with van der Waals surface area (Å²) in [5.41, 5.74) is 5.19. The maximum Gasteiger partial charge on any atom is 0.416 e. The van der Waals surface area contributed by atoms with Crippen LogP contribution in [0, 0.1) is 0 Å². The van der Waals surface area contributed by atoms with Gasteiger partial charge in [-0.2, -0.15) is 13.2 Å². The van der Waals surface area contributed by atoms with Crippen LogP contribution in [0.25, 0.3) is 0 Å². The number of carbonyl (C=O) groups is 1. The smallest absolute Gasteiger partial charge is 0.299 e. The molecule has 0 atom stereocenters. The van der Waals surface area contributed by atoms with Gasteiger partial charge in [0.2, 0.25) is 5.91 Å². The lowest BCUT2D eigenvalue weighted by molar-refractivity contribution is -0.137. The molecule has 0 spiro atoms. The number of hydrogen-bond donors (Lipinski definition) is 2. The van der Waals surface area contributed by atoms with E-state index >= 15 is 0 Å². The minimum Gasteiger partial charge on any atom is -0.299 e. The molecule has 0 radical (unpaired) electrons. The number of carbonyl (C=O) groups excluding carboxylic acids is 1. The van der Waals surface area contributed by atoms with Gasteiger partial charge in [-0.05, 0) is 42.3 Å². The molecular formula is C16H14ClF3N2O. The number of halogens is 4. The van der Waals surface area contributed by atoms with Gasteiger partial charge in [0.15, 0.2) is 0 Å². The van der Waals surface area contributed by atoms with Crippen molar-refractivity contribution in [1.29, 1.82) is 0 Å². The molecule has 0 saturated carbocycles. The van der Waals surface area contributed by atoms with Crippen LogP contribution in [0.1, 0.15) is 17.5 Å². The normalized spacial score (nSPS) is 11.1. The van der Waals surface area contributed by atoms with E-state index in [9.17, 15) is 18.0 Å². The molecule has 0 aromatic heterocycles. The molecule has 2 rings (SSSR count). The molecule has 0 saturated heterocycles. The van der Waals surface area contributed by atoms with Crippen molar-refractivity contribution >= 4 is 23.2 Å². The van der Waals surface area contributed by atoms with Crippen molar-refractivity contribution in [3.63, 3.8) is 0 Å². The fourth-order valence-electron chi connectivity index (χ4n) is 1.89. The van der Waals surface area contributed by atoms with Gasteiger partial charge < -0.3 is 0 Å². The first-order valence-electron chi connectivity index (χ1n) is 6.81. The second-order valence-corrected chi connectivity index (χ2v) is 5.31. The molecular weight excluding hydrogens is 329 g/mol. The third-order valence-electron chi connectivity index (χ3n) is 3.09. The van der Waals surface area contributed by atoms with Gasteiger partial charge in [0.05, 0.1) is 11.3 Å². The molecule has 0 aliphatic rings. The number of anilines is 1. The largest absolute Gasteiger partial charge is 0.416 e. The number of benzene rings is 2. The van der Waals surface area contributed by atoms with Crippen molar-refractivity contribution in [2.24, 2.45) is 0 Å². The highest BCUT2D eigenvalue weighted by molar-refractivity contribution is 6.30. The topological polar surface area (TPSA) is 41.1 Å². The van der Waals surface area contributed by atoms with E-state index in [2.05, 4.69) is 10.9 Å². The Kier molecular flexibility index (Phi) is 5.50. The Bertz CT molecular complexity index is 672. The van der Waals surface area contributed by atoms with E-state index in [1.165, 1.54) is 12.1 Å². The van der Waals surface area contributed by atoms with Gasteiger partial charge in [0.1, 0.15) is 0 Å². The van der Waals surface area contributed by atoms with Crippen LogP contribution in [0.4, 0.5) is 18.9 Å². The van der Waals surface area contributed by atoms with Crippen molar-refractivity contribution in [1.82, 2.24) is 5.43 Å². The van der Waals surface area contributed by atoms with Crippen molar-refractivity contribution < 1.29 is 18.0 Å². The Morgan fingerprint density at radius 3 is 2.43 bits per heavy atom. The molecule has 2 N–H and O–H groups in total. The minimum absolute atomic E-state index is 0.166. The van der Waals surface area contributed by atoms with Gasteiger partial charge in [0, 0.05) is 11.4 Å². The van der Waals surface area contributed by atoms with Crippen LogP contribution in [-0.4, -0.2) is 5.91 Å². The van der Waals surface area contributed by atoms with Crippen molar-refractivity contribution in [3.05, 3.63) is 64.7 Å². The molecule has 2 aromatic rings. The second-order valence-electron chi connectivity index (χ2n) is 4.88. The van der Waals surface area contributed by atoms with E-state index in [4.69, 9.17) is 11.6 Å². The number of hydrogen-bond acceptors (Lipinski definition) is 2. The first kappa shape index (κ1) is 17.1. The number of amides is 1. The molecule has 0 bridgehead atoms. The molecule has 1 amide bonds. The summed E-state index contributed by atoms with van der Waals surface area (Å²) in [6.07, 6.45) is -3.71. The van der Waals surface area contributed by atoms with Gasteiger partial charge in [-0.1, -0.05) is 29.8 Å². The monoisotopic (exact) mass is 342 g/mol. The van der Waals surface area contributed by atoms with Gasteiger partial charge in [0.25, 0.3) is 0 Å². The van der Waals surface area contributed by atoms with Crippen LogP contribution >= 0.6 is 11.6 Å². The summed E-state index contributed by atoms with van der Waals surface area (Å²) in [5.74, 6) is -0.322. The molecule has 3 nitrogen and oxygen atoms in total. The minimum atomic E-state index is -4.42. The van der Waals surface area contributed by atoms with Crippen LogP contribution < -0.4 is 10.9 Å². The Morgan fingerprint density at radius 2 is 1.78 bits per heavy atom. The average molecular weight is 343 g/mol. The zero-order valence-corrected chi connectivity index (χ0v) is 12.7. The van der Waals surface area contributed by atoms with Gasteiger partial charge in [-0.3, -0.25) is 15.6 Å². The number of alkyl halides is 3. The van der Waals surface area contributed by atoms with Crippen LogP contribution in [0.15, 0.2) is 48.5 Å². The summed E-state index contributed by atoms with van der Waals surface area (Å²) in [6.45, 7) is 0. The highest BCUT2D eigenvalue weighted by Gasteiger charge is 2.30. The van der Waals surface area contributed by atoms with Crippen LogP contribution in [0.5, 0.6) is 0 Å². The molecule has 2 aromatic carbocycles. The zero-order valence-electron chi connectivity index (χ0n) is 12.0. The molecule has 0 fully saturated rings. The summed E-state index contributed by atoms with van der Waals surface area (Å²) in [4.78, 5) is 11.7. The maximum atomic E-state index is 12.6. The predicted octanol–water partition coefficient (Wildman–Crippen LogP) is 4.43. The summed E-state index contributed by atoms with van der Waals surface area (Å²) < 4.78 is 37.7. The quantitative estimate of drug-likeness (QED) is 0.789. The Morgan fingerprint density at radius 1 is 1.09 bits per heavy atom. The Labute approximate surface area is 136 Å². The molecule has 0 aliphatic heterocycles. The van der Waals surface area contributed by atoms with Gasteiger partial charge in [-0.15, -0.1) is 0 Å². The van der Waals surface area contributed by atoms with Crippen LogP contribution in [-0.2, 0) is 17.4 Å². The average Bonchev–Trinajstić information content (AvgIpc) is 2.52. The zero-order chi connectivity index (χ0) is 16.9. The lowest BCUT2D eigenvalue weighted by Gasteiger charge is -2.11. The first-order chi connectivity index (χ1) is 10.8. The molecule has 0 heterocycles. The molecule has 23 heavy (non-hydrogen) atoms. The highest BCUT2D eigenvalue weighted by atomic mass is 35.5. The first-order valence-corrected chi connectivity index (χ1v) is 7.19.